The van der Waals surface area contributed by atoms with E-state index in [0.29, 0.717) is 24.1 Å². The molecular formula is C32H32N2O6. The van der Waals surface area contributed by atoms with E-state index in [2.05, 4.69) is 6.58 Å². The molecule has 3 aromatic carbocycles. The van der Waals surface area contributed by atoms with Crippen molar-refractivity contribution in [2.75, 3.05) is 18.1 Å². The minimum Gasteiger partial charge on any atom is -0.481 e. The molecule has 2 unspecified atom stereocenters. The number of carbonyl (C=O) groups is 3. The highest BCUT2D eigenvalue weighted by atomic mass is 16.5. The van der Waals surface area contributed by atoms with E-state index in [9.17, 15) is 24.6 Å². The van der Waals surface area contributed by atoms with Crippen LogP contribution in [0.3, 0.4) is 0 Å². The monoisotopic (exact) mass is 540 g/mol. The van der Waals surface area contributed by atoms with E-state index in [4.69, 9.17) is 4.74 Å². The highest BCUT2D eigenvalue weighted by Crippen LogP contribution is 2.64. The van der Waals surface area contributed by atoms with Crippen LogP contribution in [-0.4, -0.2) is 63.3 Å². The zero-order valence-corrected chi connectivity index (χ0v) is 22.3. The fourth-order valence-corrected chi connectivity index (χ4v) is 7.33. The van der Waals surface area contributed by atoms with E-state index in [0.717, 1.165) is 10.8 Å². The maximum absolute atomic E-state index is 14.8. The summed E-state index contributed by atoms with van der Waals surface area (Å²) >= 11 is 0. The molecule has 3 saturated heterocycles. The van der Waals surface area contributed by atoms with Crippen LogP contribution in [0.15, 0.2) is 85.5 Å². The van der Waals surface area contributed by atoms with Crippen LogP contribution < -0.4 is 4.90 Å². The van der Waals surface area contributed by atoms with Crippen molar-refractivity contribution in [3.05, 3.63) is 91.0 Å². The molecule has 0 saturated carbocycles. The minimum atomic E-state index is -1.33. The first-order valence-electron chi connectivity index (χ1n) is 13.6. The molecule has 0 aromatic heterocycles. The van der Waals surface area contributed by atoms with Crippen LogP contribution in [0.1, 0.15) is 31.4 Å². The van der Waals surface area contributed by atoms with Crippen LogP contribution in [0, 0.1) is 11.8 Å². The summed E-state index contributed by atoms with van der Waals surface area (Å²) in [6.45, 7) is 5.33. The molecule has 2 amide bonds. The van der Waals surface area contributed by atoms with Gasteiger partial charge in [-0.15, -0.1) is 6.58 Å². The van der Waals surface area contributed by atoms with Gasteiger partial charge < -0.3 is 24.7 Å². The lowest BCUT2D eigenvalue weighted by Gasteiger charge is -2.39. The van der Waals surface area contributed by atoms with Crippen molar-refractivity contribution in [2.45, 2.75) is 43.1 Å². The summed E-state index contributed by atoms with van der Waals surface area (Å²) in [7, 11) is 0. The highest BCUT2D eigenvalue weighted by molar-refractivity contribution is 6.05. The summed E-state index contributed by atoms with van der Waals surface area (Å²) in [6, 6.07) is 20.6. The van der Waals surface area contributed by atoms with Crippen LogP contribution in [0.5, 0.6) is 0 Å². The number of hydrogen-bond donors (Lipinski definition) is 2. The van der Waals surface area contributed by atoms with Crippen LogP contribution in [0.25, 0.3) is 10.8 Å². The van der Waals surface area contributed by atoms with Gasteiger partial charge in [0.2, 0.25) is 5.91 Å². The number of nitrogens with zero attached hydrogens (tertiary/aromatic N) is 2. The Hall–Kier alpha value is -4.01. The lowest BCUT2D eigenvalue weighted by atomic mass is 9.66. The van der Waals surface area contributed by atoms with Crippen molar-refractivity contribution in [3.8, 4) is 0 Å². The second kappa shape index (κ2) is 9.57. The molecule has 1 spiro atoms. The maximum Gasteiger partial charge on any atom is 0.310 e. The Morgan fingerprint density at radius 3 is 2.48 bits per heavy atom. The van der Waals surface area contributed by atoms with Gasteiger partial charge in [0, 0.05) is 12.2 Å². The number of aliphatic hydroxyl groups is 1. The van der Waals surface area contributed by atoms with Crippen LogP contribution >= 0.6 is 0 Å². The first-order chi connectivity index (χ1) is 19.3. The molecule has 3 fully saturated rings. The molecule has 2 bridgehead atoms. The molecule has 206 valence electrons. The third-order valence-corrected chi connectivity index (χ3v) is 9.03. The number of aliphatic carboxylic acids is 1. The first-order valence-corrected chi connectivity index (χ1v) is 13.6. The SMILES string of the molecule is C=CCN(C(=O)C1N([C@H](CO)c2ccccc2)C(=O)[C@@H]2[C@@H](C(=O)O)[C@@]3(C)CCC12O3)c1ccc2ccccc2c1. The fourth-order valence-electron chi connectivity index (χ4n) is 7.33. The number of likely N-dealkylation sites (tertiary alicyclic amines) is 1. The number of fused-ring (bicyclic) bond motifs is 2. The van der Waals surface area contributed by atoms with E-state index in [1.807, 2.05) is 48.5 Å². The number of ether oxygens (including phenoxy) is 1. The molecular weight excluding hydrogens is 508 g/mol. The number of anilines is 1. The van der Waals surface area contributed by atoms with E-state index < -0.39 is 59.5 Å². The van der Waals surface area contributed by atoms with Gasteiger partial charge in [-0.2, -0.15) is 0 Å². The summed E-state index contributed by atoms with van der Waals surface area (Å²) in [5, 5.41) is 22.8. The Balaban J connectivity index is 1.51. The van der Waals surface area contributed by atoms with Gasteiger partial charge in [0.1, 0.15) is 11.6 Å². The second-order valence-electron chi connectivity index (χ2n) is 11.2. The lowest BCUT2D eigenvalue weighted by molar-refractivity contribution is -0.155. The van der Waals surface area contributed by atoms with Gasteiger partial charge in [0.15, 0.2) is 0 Å². The third-order valence-electron chi connectivity index (χ3n) is 9.03. The molecule has 2 N–H and O–H groups in total. The standard InChI is InChI=1S/C32H32N2O6/c1-3-17-33(23-14-13-20-9-7-8-12-22(20)18-23)29(37)27-32-16-15-31(2,40-32)26(30(38)39)25(32)28(36)34(27)24(19-35)21-10-5-4-6-11-21/h3-14,18,24-27,35H,1,15-17,19H2,2H3,(H,38,39)/t24-,25+,26+,27?,31-,32?/m1/s1. The van der Waals surface area contributed by atoms with E-state index >= 15 is 0 Å². The molecule has 3 heterocycles. The van der Waals surface area contributed by atoms with E-state index in [1.165, 1.54) is 4.90 Å². The molecule has 0 aliphatic carbocycles. The summed E-state index contributed by atoms with van der Waals surface area (Å²) in [5.74, 6) is -4.13. The molecule has 3 aliphatic heterocycles. The largest absolute Gasteiger partial charge is 0.481 e. The van der Waals surface area contributed by atoms with Gasteiger partial charge in [-0.3, -0.25) is 14.4 Å². The highest BCUT2D eigenvalue weighted by Gasteiger charge is 2.79. The van der Waals surface area contributed by atoms with Crippen LogP contribution in [-0.2, 0) is 19.1 Å². The summed E-state index contributed by atoms with van der Waals surface area (Å²) in [4.78, 5) is 44.6. The average Bonchev–Trinajstić information content (AvgIpc) is 3.53. The van der Waals surface area contributed by atoms with Gasteiger partial charge in [-0.1, -0.05) is 66.7 Å². The normalized spacial score (nSPS) is 29.4. The Kier molecular flexibility index (Phi) is 6.27. The molecule has 40 heavy (non-hydrogen) atoms. The third kappa shape index (κ3) is 3.70. The summed E-state index contributed by atoms with van der Waals surface area (Å²) < 4.78 is 6.55. The van der Waals surface area contributed by atoms with Crippen molar-refractivity contribution in [2.24, 2.45) is 11.8 Å². The van der Waals surface area contributed by atoms with Gasteiger partial charge in [0.05, 0.1) is 30.1 Å². The quantitative estimate of drug-likeness (QED) is 0.419. The number of hydrogen-bond acceptors (Lipinski definition) is 5. The number of carboxylic acid groups (broad SMARTS) is 1. The maximum atomic E-state index is 14.8. The summed E-state index contributed by atoms with van der Waals surface area (Å²) in [5.41, 5.74) is -1.11. The second-order valence-corrected chi connectivity index (χ2v) is 11.2. The number of benzene rings is 3. The van der Waals surface area contributed by atoms with Gasteiger partial charge in [0.25, 0.3) is 5.91 Å². The van der Waals surface area contributed by atoms with E-state index in [-0.39, 0.29) is 6.54 Å². The molecule has 3 aromatic rings. The zero-order chi connectivity index (χ0) is 28.2. The van der Waals surface area contributed by atoms with Crippen molar-refractivity contribution in [1.82, 2.24) is 4.90 Å². The van der Waals surface area contributed by atoms with Crippen molar-refractivity contribution in [1.29, 1.82) is 0 Å². The molecule has 6 rings (SSSR count). The van der Waals surface area contributed by atoms with Gasteiger partial charge >= 0.3 is 5.97 Å². The van der Waals surface area contributed by atoms with Crippen molar-refractivity contribution >= 4 is 34.2 Å². The number of aliphatic hydroxyl groups excluding tert-OH is 1. The number of carboxylic acids is 1. The zero-order valence-electron chi connectivity index (χ0n) is 22.3. The topological polar surface area (TPSA) is 107 Å². The van der Waals surface area contributed by atoms with E-state index in [1.54, 1.807) is 42.2 Å². The molecule has 3 aliphatic rings. The van der Waals surface area contributed by atoms with Crippen molar-refractivity contribution < 1.29 is 29.3 Å². The first kappa shape index (κ1) is 26.2. The Morgan fingerprint density at radius 2 is 1.80 bits per heavy atom. The van der Waals surface area contributed by atoms with Crippen molar-refractivity contribution in [3.63, 3.8) is 0 Å². The van der Waals surface area contributed by atoms with Crippen LogP contribution in [0.2, 0.25) is 0 Å². The smallest absolute Gasteiger partial charge is 0.310 e. The number of carbonyl (C=O) groups excluding carboxylic acids is 2. The van der Waals surface area contributed by atoms with Gasteiger partial charge in [-0.05, 0) is 48.2 Å². The lowest BCUT2D eigenvalue weighted by Crippen LogP contribution is -2.57. The molecule has 0 radical (unpaired) electrons. The number of rotatable bonds is 8. The Morgan fingerprint density at radius 1 is 1.10 bits per heavy atom. The minimum absolute atomic E-state index is 0.172. The molecule has 8 heteroatoms. The Labute approximate surface area is 232 Å². The van der Waals surface area contributed by atoms with Crippen LogP contribution in [0.4, 0.5) is 5.69 Å². The Bertz CT molecular complexity index is 1510. The fraction of sp³-hybridized carbons (Fsp3) is 0.344. The predicted molar refractivity (Wildman–Crippen MR) is 149 cm³/mol. The molecule has 8 nitrogen and oxygen atoms in total. The predicted octanol–water partition coefficient (Wildman–Crippen LogP) is 3.94. The summed E-state index contributed by atoms with van der Waals surface area (Å²) in [6.07, 6.45) is 2.40. The van der Waals surface area contributed by atoms with Gasteiger partial charge in [-0.25, -0.2) is 0 Å². The molecule has 6 atom stereocenters. The average molecular weight is 541 g/mol. The number of amides is 2.